The highest BCUT2D eigenvalue weighted by atomic mass is 15.1. The Kier molecular flexibility index (Phi) is 7.21. The minimum absolute atomic E-state index is 0.160. The van der Waals surface area contributed by atoms with Gasteiger partial charge in [-0.25, -0.2) is 0 Å². The van der Waals surface area contributed by atoms with Crippen LogP contribution in [0.5, 0.6) is 0 Å². The molecule has 8 aromatic rings. The molecule has 1 nitrogen and oxygen atoms in total. The average molecular weight is 640 g/mol. The van der Waals surface area contributed by atoms with Crippen LogP contribution in [0.15, 0.2) is 188 Å². The number of hydrogen-bond acceptors (Lipinski definition) is 1. The summed E-state index contributed by atoms with van der Waals surface area (Å²) in [6.07, 6.45) is 0. The zero-order chi connectivity index (χ0) is 33.7. The normalized spacial score (nSPS) is 12.8. The van der Waals surface area contributed by atoms with Crippen LogP contribution in [0.25, 0.3) is 55.3 Å². The smallest absolute Gasteiger partial charge is 0.0468 e. The Bertz CT molecular complexity index is 2380. The van der Waals surface area contributed by atoms with E-state index in [0.29, 0.717) is 0 Å². The molecule has 1 aliphatic rings. The summed E-state index contributed by atoms with van der Waals surface area (Å²) >= 11 is 0. The Morgan fingerprint density at radius 1 is 0.380 bits per heavy atom. The first-order chi connectivity index (χ1) is 24.6. The van der Waals surface area contributed by atoms with E-state index in [2.05, 4.69) is 207 Å². The van der Waals surface area contributed by atoms with Crippen molar-refractivity contribution in [2.45, 2.75) is 19.3 Å². The fourth-order valence-corrected chi connectivity index (χ4v) is 7.99. The van der Waals surface area contributed by atoms with Crippen molar-refractivity contribution in [1.29, 1.82) is 0 Å². The summed E-state index contributed by atoms with van der Waals surface area (Å²) in [7, 11) is 0. The third kappa shape index (κ3) is 5.02. The van der Waals surface area contributed by atoms with Crippen molar-refractivity contribution >= 4 is 27.8 Å². The van der Waals surface area contributed by atoms with Crippen LogP contribution in [0.4, 0.5) is 17.1 Å². The van der Waals surface area contributed by atoms with Crippen molar-refractivity contribution in [2.75, 3.05) is 4.90 Å². The third-order valence-electron chi connectivity index (χ3n) is 10.4. The second kappa shape index (κ2) is 12.1. The summed E-state index contributed by atoms with van der Waals surface area (Å²) in [6, 6.07) is 68.4. The number of nitrogens with zero attached hydrogens (tertiary/aromatic N) is 1. The molecular formula is C49H37N. The predicted molar refractivity (Wildman–Crippen MR) is 213 cm³/mol. The molecule has 0 saturated carbocycles. The molecule has 1 heteroatoms. The Morgan fingerprint density at radius 2 is 0.840 bits per heavy atom. The first kappa shape index (κ1) is 29.9. The second-order valence-corrected chi connectivity index (χ2v) is 13.8. The van der Waals surface area contributed by atoms with Crippen LogP contribution < -0.4 is 4.90 Å². The topological polar surface area (TPSA) is 3.24 Å². The molecule has 0 aromatic heterocycles. The number of hydrogen-bond donors (Lipinski definition) is 0. The first-order valence-corrected chi connectivity index (χ1v) is 17.4. The van der Waals surface area contributed by atoms with E-state index < -0.39 is 0 Å². The van der Waals surface area contributed by atoms with Crippen molar-refractivity contribution in [1.82, 2.24) is 0 Å². The molecule has 0 fully saturated rings. The van der Waals surface area contributed by atoms with Gasteiger partial charge >= 0.3 is 0 Å². The lowest BCUT2D eigenvalue weighted by molar-refractivity contribution is 0.666. The van der Waals surface area contributed by atoms with Gasteiger partial charge in [0.1, 0.15) is 0 Å². The van der Waals surface area contributed by atoms with E-state index in [1.165, 1.54) is 66.4 Å². The maximum absolute atomic E-state index is 2.42. The van der Waals surface area contributed by atoms with Crippen LogP contribution in [0.3, 0.4) is 0 Å². The van der Waals surface area contributed by atoms with Crippen LogP contribution in [-0.4, -0.2) is 0 Å². The SMILES string of the molecule is CC1(C)c2ccccc2-c2c(-c3ccccc3)cc3ccc(N(c4ccc(-c5ccccc5)cc4)c4ccc(-c5ccccc5)cc4)cc3c21. The molecule has 0 bridgehead atoms. The van der Waals surface area contributed by atoms with Gasteiger partial charge in [-0.15, -0.1) is 0 Å². The molecule has 0 N–H and O–H groups in total. The van der Waals surface area contributed by atoms with Crippen LogP contribution in [0.2, 0.25) is 0 Å². The number of benzene rings is 8. The van der Waals surface area contributed by atoms with Gasteiger partial charge in [-0.1, -0.05) is 159 Å². The van der Waals surface area contributed by atoms with Crippen molar-refractivity contribution in [3.8, 4) is 44.5 Å². The van der Waals surface area contributed by atoms with E-state index in [1.807, 2.05) is 0 Å². The zero-order valence-electron chi connectivity index (χ0n) is 28.3. The van der Waals surface area contributed by atoms with Crippen LogP contribution in [0.1, 0.15) is 25.0 Å². The Balaban J connectivity index is 1.24. The molecule has 1 aliphatic carbocycles. The Morgan fingerprint density at radius 3 is 1.40 bits per heavy atom. The lowest BCUT2D eigenvalue weighted by Gasteiger charge is -2.28. The van der Waals surface area contributed by atoms with E-state index in [-0.39, 0.29) is 5.41 Å². The van der Waals surface area contributed by atoms with E-state index in [0.717, 1.165) is 17.1 Å². The van der Waals surface area contributed by atoms with Gasteiger partial charge in [0, 0.05) is 22.5 Å². The molecule has 0 aliphatic heterocycles. The average Bonchev–Trinajstić information content (AvgIpc) is 3.43. The van der Waals surface area contributed by atoms with E-state index in [1.54, 1.807) is 0 Å². The first-order valence-electron chi connectivity index (χ1n) is 17.4. The summed E-state index contributed by atoms with van der Waals surface area (Å²) < 4.78 is 0. The zero-order valence-corrected chi connectivity index (χ0v) is 28.3. The number of rotatable bonds is 6. The summed E-state index contributed by atoms with van der Waals surface area (Å²) in [5, 5.41) is 2.55. The Hall–Kier alpha value is -6.18. The maximum atomic E-state index is 2.42. The molecule has 0 radical (unpaired) electrons. The summed E-state index contributed by atoms with van der Waals surface area (Å²) in [6.45, 7) is 4.78. The standard InChI is InChI=1S/C49H37N/c1-49(2)46-21-13-12-20-43(46)47-44(38-18-10-5-11-19-38)32-39-26-31-42(33-45(39)48(47)49)50(40-27-22-36(23-28-40)34-14-6-3-7-15-34)41-29-24-37(25-30-41)35-16-8-4-9-17-35/h3-33H,1-2H3. The highest BCUT2D eigenvalue weighted by Crippen LogP contribution is 2.55. The fraction of sp³-hybridized carbons (Fsp3) is 0.0612. The highest BCUT2D eigenvalue weighted by molar-refractivity contribution is 6.06. The molecule has 0 atom stereocenters. The molecule has 0 spiro atoms. The lowest BCUT2D eigenvalue weighted by atomic mass is 9.79. The molecule has 50 heavy (non-hydrogen) atoms. The summed E-state index contributed by atoms with van der Waals surface area (Å²) in [5.74, 6) is 0. The molecule has 0 heterocycles. The van der Waals surface area contributed by atoms with E-state index in [4.69, 9.17) is 0 Å². The highest BCUT2D eigenvalue weighted by Gasteiger charge is 2.38. The van der Waals surface area contributed by atoms with Crippen molar-refractivity contribution in [3.05, 3.63) is 199 Å². The van der Waals surface area contributed by atoms with Gasteiger partial charge in [-0.3, -0.25) is 0 Å². The van der Waals surface area contributed by atoms with Gasteiger partial charge in [0.15, 0.2) is 0 Å². The Labute approximate surface area is 294 Å². The van der Waals surface area contributed by atoms with Gasteiger partial charge in [-0.05, 0) is 109 Å². The third-order valence-corrected chi connectivity index (χ3v) is 10.4. The molecule has 0 saturated heterocycles. The van der Waals surface area contributed by atoms with Crippen molar-refractivity contribution in [2.24, 2.45) is 0 Å². The van der Waals surface area contributed by atoms with Crippen molar-refractivity contribution < 1.29 is 0 Å². The van der Waals surface area contributed by atoms with Gasteiger partial charge in [0.05, 0.1) is 0 Å². The minimum Gasteiger partial charge on any atom is -0.310 e. The van der Waals surface area contributed by atoms with Crippen molar-refractivity contribution in [3.63, 3.8) is 0 Å². The predicted octanol–water partition coefficient (Wildman–Crippen LogP) is 13.6. The van der Waals surface area contributed by atoms with Crippen LogP contribution in [0, 0.1) is 0 Å². The van der Waals surface area contributed by atoms with Gasteiger partial charge < -0.3 is 4.90 Å². The van der Waals surface area contributed by atoms with Gasteiger partial charge in [-0.2, -0.15) is 0 Å². The van der Waals surface area contributed by atoms with Gasteiger partial charge in [0.25, 0.3) is 0 Å². The molecular weight excluding hydrogens is 603 g/mol. The number of anilines is 3. The molecule has 8 aromatic carbocycles. The lowest BCUT2D eigenvalue weighted by Crippen LogP contribution is -2.16. The maximum Gasteiger partial charge on any atom is 0.0468 e. The molecule has 9 rings (SSSR count). The minimum atomic E-state index is -0.160. The fourth-order valence-electron chi connectivity index (χ4n) is 7.99. The monoisotopic (exact) mass is 639 g/mol. The molecule has 0 amide bonds. The van der Waals surface area contributed by atoms with Crippen LogP contribution in [-0.2, 0) is 5.41 Å². The molecule has 238 valence electrons. The van der Waals surface area contributed by atoms with E-state index >= 15 is 0 Å². The van der Waals surface area contributed by atoms with E-state index in [9.17, 15) is 0 Å². The second-order valence-electron chi connectivity index (χ2n) is 13.8. The number of fused-ring (bicyclic) bond motifs is 5. The molecule has 0 unspecified atom stereocenters. The summed E-state index contributed by atoms with van der Waals surface area (Å²) in [5.41, 5.74) is 16.1. The summed E-state index contributed by atoms with van der Waals surface area (Å²) in [4.78, 5) is 2.40. The quantitative estimate of drug-likeness (QED) is 0.175. The van der Waals surface area contributed by atoms with Gasteiger partial charge in [0.2, 0.25) is 0 Å². The van der Waals surface area contributed by atoms with Crippen LogP contribution >= 0.6 is 0 Å². The largest absolute Gasteiger partial charge is 0.310 e.